The molecule has 4 saturated carbocycles. The molecule has 0 saturated heterocycles. The second-order valence-corrected chi connectivity index (χ2v) is 13.2. The molecule has 0 amide bonds. The maximum absolute atomic E-state index is 12.3. The summed E-state index contributed by atoms with van der Waals surface area (Å²) in [5.74, 6) is 0.780. The van der Waals surface area contributed by atoms with Gasteiger partial charge in [-0.3, -0.25) is 0 Å². The SMILES string of the molecule is CC(C)[C@@H](O)CC[C@@H](C)[C@H]1C[C@@H](O)[C@@H]2[C@]1(C)CC[C@@H]1[C@@]3(C)CC[C@H](O)C[C@@H]3[C@@H](O)C[C@]12O. The molecule has 0 radical (unpaired) electrons. The van der Waals surface area contributed by atoms with Gasteiger partial charge in [-0.1, -0.05) is 34.6 Å². The van der Waals surface area contributed by atoms with Gasteiger partial charge in [-0.05, 0) is 91.8 Å². The molecule has 0 bridgehead atoms. The molecule has 5 heteroatoms. The monoisotopic (exact) mass is 452 g/mol. The highest BCUT2D eigenvalue weighted by molar-refractivity contribution is 5.20. The minimum absolute atomic E-state index is 0.0201. The molecule has 5 nitrogen and oxygen atoms in total. The minimum Gasteiger partial charge on any atom is -0.393 e. The van der Waals surface area contributed by atoms with Gasteiger partial charge in [-0.15, -0.1) is 0 Å². The van der Waals surface area contributed by atoms with E-state index in [-0.39, 0.29) is 46.7 Å². The van der Waals surface area contributed by atoms with Crippen LogP contribution in [0.3, 0.4) is 0 Å². The van der Waals surface area contributed by atoms with E-state index in [0.29, 0.717) is 31.1 Å². The summed E-state index contributed by atoms with van der Waals surface area (Å²) < 4.78 is 0. The lowest BCUT2D eigenvalue weighted by Gasteiger charge is -2.66. The van der Waals surface area contributed by atoms with Crippen molar-refractivity contribution < 1.29 is 25.5 Å². The maximum atomic E-state index is 12.3. The molecular weight excluding hydrogens is 404 g/mol. The molecule has 0 aromatic rings. The van der Waals surface area contributed by atoms with E-state index >= 15 is 0 Å². The summed E-state index contributed by atoms with van der Waals surface area (Å²) in [6.07, 6.45) is 4.97. The summed E-state index contributed by atoms with van der Waals surface area (Å²) in [6.45, 7) is 10.8. The third-order valence-electron chi connectivity index (χ3n) is 11.1. The Balaban J connectivity index is 1.59. The van der Waals surface area contributed by atoms with Crippen molar-refractivity contribution in [2.45, 2.75) is 122 Å². The van der Waals surface area contributed by atoms with Gasteiger partial charge in [0.05, 0.1) is 30.0 Å². The van der Waals surface area contributed by atoms with Crippen molar-refractivity contribution >= 4 is 0 Å². The summed E-state index contributed by atoms with van der Waals surface area (Å²) in [6, 6.07) is 0. The average Bonchev–Trinajstić information content (AvgIpc) is 2.98. The summed E-state index contributed by atoms with van der Waals surface area (Å²) in [7, 11) is 0. The Morgan fingerprint density at radius 2 is 1.53 bits per heavy atom. The molecule has 4 aliphatic rings. The van der Waals surface area contributed by atoms with Gasteiger partial charge in [0.15, 0.2) is 0 Å². The molecule has 0 unspecified atom stereocenters. The highest BCUT2D eigenvalue weighted by Crippen LogP contribution is 2.69. The topological polar surface area (TPSA) is 101 Å². The number of rotatable bonds is 5. The van der Waals surface area contributed by atoms with E-state index in [0.717, 1.165) is 38.5 Å². The standard InChI is InChI=1S/C27H48O5/c1-15(2)20(29)7-6-16(3)18-13-21(30)24-26(18,5)11-9-23-25(4)10-8-17(28)12-19(25)22(31)14-27(23,24)32/h15-24,28-32H,6-14H2,1-5H3/t16-,17+,18-,19-,20+,21-,22+,23-,24-,25+,26-,27+/m1/s1. The fraction of sp³-hybridized carbons (Fsp3) is 1.00. The van der Waals surface area contributed by atoms with E-state index in [1.54, 1.807) is 0 Å². The number of hydrogen-bond donors (Lipinski definition) is 5. The predicted molar refractivity (Wildman–Crippen MR) is 125 cm³/mol. The van der Waals surface area contributed by atoms with Crippen molar-refractivity contribution in [2.75, 3.05) is 0 Å². The zero-order valence-corrected chi connectivity index (χ0v) is 20.9. The highest BCUT2D eigenvalue weighted by atomic mass is 16.3. The first kappa shape index (κ1) is 24.9. The van der Waals surface area contributed by atoms with Crippen LogP contribution in [-0.2, 0) is 0 Å². The van der Waals surface area contributed by atoms with Gasteiger partial charge in [0, 0.05) is 12.3 Å². The average molecular weight is 453 g/mol. The quantitative estimate of drug-likeness (QED) is 0.440. The van der Waals surface area contributed by atoms with E-state index in [1.807, 2.05) is 0 Å². The van der Waals surface area contributed by atoms with Crippen LogP contribution in [0.5, 0.6) is 0 Å². The largest absolute Gasteiger partial charge is 0.393 e. The minimum atomic E-state index is -1.06. The van der Waals surface area contributed by atoms with Gasteiger partial charge in [0.1, 0.15) is 0 Å². The zero-order valence-electron chi connectivity index (χ0n) is 20.9. The normalized spacial score (nSPS) is 52.8. The van der Waals surface area contributed by atoms with Crippen LogP contribution in [0, 0.1) is 46.3 Å². The first-order valence-corrected chi connectivity index (χ1v) is 13.3. The molecular formula is C27H48O5. The van der Waals surface area contributed by atoms with Crippen molar-refractivity contribution in [3.05, 3.63) is 0 Å². The van der Waals surface area contributed by atoms with E-state index in [2.05, 4.69) is 34.6 Å². The van der Waals surface area contributed by atoms with Crippen LogP contribution in [0.2, 0.25) is 0 Å². The predicted octanol–water partition coefficient (Wildman–Crippen LogP) is 3.50. The van der Waals surface area contributed by atoms with Crippen molar-refractivity contribution in [3.8, 4) is 0 Å². The lowest BCUT2D eigenvalue weighted by atomic mass is 9.42. The third-order valence-corrected chi connectivity index (χ3v) is 11.1. The van der Waals surface area contributed by atoms with Crippen LogP contribution in [0.1, 0.15) is 92.4 Å². The molecule has 0 aromatic carbocycles. The van der Waals surface area contributed by atoms with Crippen LogP contribution in [-0.4, -0.2) is 55.5 Å². The summed E-state index contributed by atoms with van der Waals surface area (Å²) in [4.78, 5) is 0. The van der Waals surface area contributed by atoms with Crippen LogP contribution in [0.4, 0.5) is 0 Å². The number of aliphatic hydroxyl groups excluding tert-OH is 4. The second-order valence-electron chi connectivity index (χ2n) is 13.2. The van der Waals surface area contributed by atoms with E-state index in [4.69, 9.17) is 0 Å². The van der Waals surface area contributed by atoms with Gasteiger partial charge in [-0.2, -0.15) is 0 Å². The van der Waals surface area contributed by atoms with E-state index in [9.17, 15) is 25.5 Å². The Bertz CT molecular complexity index is 683. The molecule has 4 fully saturated rings. The second kappa shape index (κ2) is 8.48. The fourth-order valence-corrected chi connectivity index (χ4v) is 9.37. The molecule has 0 heterocycles. The van der Waals surface area contributed by atoms with Gasteiger partial charge in [-0.25, -0.2) is 0 Å². The Hall–Kier alpha value is -0.200. The van der Waals surface area contributed by atoms with Crippen LogP contribution in [0.25, 0.3) is 0 Å². The van der Waals surface area contributed by atoms with Crippen molar-refractivity contribution in [3.63, 3.8) is 0 Å². The van der Waals surface area contributed by atoms with Gasteiger partial charge < -0.3 is 25.5 Å². The summed E-state index contributed by atoms with van der Waals surface area (Å²) in [5, 5.41) is 55.4. The molecule has 0 aromatic heterocycles. The number of fused-ring (bicyclic) bond motifs is 5. The third kappa shape index (κ3) is 3.69. The molecule has 0 spiro atoms. The molecule has 0 aliphatic heterocycles. The zero-order chi connectivity index (χ0) is 23.6. The van der Waals surface area contributed by atoms with Gasteiger partial charge in [0.25, 0.3) is 0 Å². The molecule has 186 valence electrons. The molecule has 32 heavy (non-hydrogen) atoms. The van der Waals surface area contributed by atoms with Crippen LogP contribution in [0.15, 0.2) is 0 Å². The lowest BCUT2D eigenvalue weighted by Crippen LogP contribution is -2.68. The van der Waals surface area contributed by atoms with Gasteiger partial charge in [0.2, 0.25) is 0 Å². The van der Waals surface area contributed by atoms with Crippen molar-refractivity contribution in [2.24, 2.45) is 46.3 Å². The highest BCUT2D eigenvalue weighted by Gasteiger charge is 2.70. The van der Waals surface area contributed by atoms with Gasteiger partial charge >= 0.3 is 0 Å². The summed E-state index contributed by atoms with van der Waals surface area (Å²) in [5.41, 5.74) is -1.42. The number of hydrogen-bond acceptors (Lipinski definition) is 5. The van der Waals surface area contributed by atoms with E-state index in [1.165, 1.54) is 0 Å². The first-order chi connectivity index (χ1) is 14.8. The number of aliphatic hydroxyl groups is 5. The van der Waals surface area contributed by atoms with Crippen LogP contribution < -0.4 is 0 Å². The summed E-state index contributed by atoms with van der Waals surface area (Å²) >= 11 is 0. The van der Waals surface area contributed by atoms with Crippen LogP contribution >= 0.6 is 0 Å². The van der Waals surface area contributed by atoms with E-state index < -0.39 is 17.8 Å². The Morgan fingerprint density at radius 3 is 2.19 bits per heavy atom. The Kier molecular flexibility index (Phi) is 6.60. The molecule has 5 N–H and O–H groups in total. The maximum Gasteiger partial charge on any atom is 0.0763 e. The first-order valence-electron chi connectivity index (χ1n) is 13.3. The Labute approximate surface area is 194 Å². The lowest BCUT2D eigenvalue weighted by molar-refractivity contribution is -0.263. The molecule has 4 rings (SSSR count). The smallest absolute Gasteiger partial charge is 0.0763 e. The fourth-order valence-electron chi connectivity index (χ4n) is 9.37. The van der Waals surface area contributed by atoms with Crippen molar-refractivity contribution in [1.29, 1.82) is 0 Å². The Morgan fingerprint density at radius 1 is 0.875 bits per heavy atom. The molecule has 4 aliphatic carbocycles. The van der Waals surface area contributed by atoms with Crippen molar-refractivity contribution in [1.82, 2.24) is 0 Å². The molecule has 12 atom stereocenters.